The Hall–Kier alpha value is -3.98. The molecule has 4 rings (SSSR count). The number of nitrogens with zero attached hydrogens (tertiary/aromatic N) is 2. The van der Waals surface area contributed by atoms with Crippen LogP contribution in [0.15, 0.2) is 78.9 Å². The van der Waals surface area contributed by atoms with Crippen LogP contribution in [0.4, 0.5) is 24.5 Å². The molecule has 1 fully saturated rings. The summed E-state index contributed by atoms with van der Waals surface area (Å²) in [6, 6.07) is 21.6. The molecular weight excluding hydrogens is 507 g/mol. The number of carbonyl (C=O) groups excluding carboxylic acids is 1. The maximum Gasteiger partial charge on any atom is 0.573 e. The number of likely N-dealkylation sites (N-methyl/N-ethyl adjacent to an activating group) is 1. The monoisotopic (exact) mass is 539 g/mol. The molecule has 1 aliphatic heterocycles. The molecule has 0 unspecified atom stereocenters. The van der Waals surface area contributed by atoms with Gasteiger partial charge in [-0.25, -0.2) is 4.79 Å². The van der Waals surface area contributed by atoms with Gasteiger partial charge in [0, 0.05) is 43.6 Å². The van der Waals surface area contributed by atoms with Crippen molar-refractivity contribution in [3.63, 3.8) is 0 Å². The average molecular weight is 540 g/mol. The van der Waals surface area contributed by atoms with Crippen molar-refractivity contribution in [2.45, 2.75) is 19.7 Å². The van der Waals surface area contributed by atoms with E-state index in [-0.39, 0.29) is 12.4 Å². The zero-order chi connectivity index (χ0) is 27.8. The van der Waals surface area contributed by atoms with Gasteiger partial charge in [-0.2, -0.15) is 0 Å². The molecule has 1 aliphatic rings. The van der Waals surface area contributed by atoms with Crippen molar-refractivity contribution in [3.05, 3.63) is 95.6 Å². The molecule has 9 heteroatoms. The lowest BCUT2D eigenvalue weighted by Gasteiger charge is -2.34. The highest BCUT2D eigenvalue weighted by Crippen LogP contribution is 2.26. The number of ether oxygens (including phenoxy) is 2. The van der Waals surface area contributed by atoms with Crippen LogP contribution in [0, 0.1) is 0 Å². The molecule has 39 heavy (non-hydrogen) atoms. The molecule has 0 atom stereocenters. The molecule has 206 valence electrons. The van der Waals surface area contributed by atoms with E-state index in [4.69, 9.17) is 4.74 Å². The van der Waals surface area contributed by atoms with Crippen LogP contribution in [0.25, 0.3) is 5.70 Å². The second kappa shape index (κ2) is 12.7. The number of benzene rings is 3. The van der Waals surface area contributed by atoms with Crippen molar-refractivity contribution < 1.29 is 27.4 Å². The first-order valence-electron chi connectivity index (χ1n) is 12.8. The molecule has 1 saturated heterocycles. The van der Waals surface area contributed by atoms with Gasteiger partial charge in [0.25, 0.3) is 0 Å². The summed E-state index contributed by atoms with van der Waals surface area (Å²) in [5, 5.41) is 3.38. The third-order valence-corrected chi connectivity index (χ3v) is 6.37. The Kier molecular flexibility index (Phi) is 9.14. The molecular formula is C30H32F3N3O3. The van der Waals surface area contributed by atoms with Crippen LogP contribution in [0.3, 0.4) is 0 Å². The van der Waals surface area contributed by atoms with Crippen molar-refractivity contribution in [3.8, 4) is 5.75 Å². The van der Waals surface area contributed by atoms with Gasteiger partial charge in [-0.05, 0) is 67.4 Å². The van der Waals surface area contributed by atoms with Crippen molar-refractivity contribution in [2.24, 2.45) is 0 Å². The van der Waals surface area contributed by atoms with Crippen molar-refractivity contribution in [1.82, 2.24) is 4.90 Å². The number of anilines is 2. The molecule has 0 radical (unpaired) electrons. The number of halogens is 3. The SMILES string of the molecule is CCOC(=O)/C=C(/Nc1cccc(N2CCN(C)CC2)c1)c1ccc(Cc2ccc(OC(F)(F)F)cc2)cc1. The minimum Gasteiger partial charge on any atom is -0.463 e. The van der Waals surface area contributed by atoms with E-state index in [0.717, 1.165) is 54.2 Å². The van der Waals surface area contributed by atoms with Gasteiger partial charge in [0.1, 0.15) is 5.75 Å². The standard InChI is InChI=1S/C30H32F3N3O3/c1-3-38-29(37)21-28(34-25-5-4-6-26(20-25)36-17-15-35(2)16-18-36)24-11-7-22(8-12-24)19-23-9-13-27(14-10-23)39-30(31,32)33/h4-14,20-21,34H,3,15-19H2,1-2H3/b28-21+. The van der Waals surface area contributed by atoms with Crippen molar-refractivity contribution in [1.29, 1.82) is 0 Å². The third kappa shape index (κ3) is 8.51. The fraction of sp³-hybridized carbons (Fsp3) is 0.300. The third-order valence-electron chi connectivity index (χ3n) is 6.37. The van der Waals surface area contributed by atoms with E-state index in [1.807, 2.05) is 36.4 Å². The summed E-state index contributed by atoms with van der Waals surface area (Å²) in [7, 11) is 2.12. The second-order valence-corrected chi connectivity index (χ2v) is 9.34. The number of piperazine rings is 1. The van der Waals surface area contributed by atoms with Gasteiger partial charge < -0.3 is 24.6 Å². The van der Waals surface area contributed by atoms with Crippen LogP contribution in [-0.4, -0.2) is 57.1 Å². The number of nitrogens with one attached hydrogen (secondary N) is 1. The Bertz CT molecular complexity index is 1270. The van der Waals surface area contributed by atoms with Crippen LogP contribution in [-0.2, 0) is 16.0 Å². The van der Waals surface area contributed by atoms with E-state index in [2.05, 4.69) is 39.0 Å². The number of alkyl halides is 3. The van der Waals surface area contributed by atoms with Crippen LogP contribution < -0.4 is 15.0 Å². The molecule has 0 bridgehead atoms. The molecule has 3 aromatic rings. The fourth-order valence-electron chi connectivity index (χ4n) is 4.34. The Morgan fingerprint density at radius 2 is 1.59 bits per heavy atom. The van der Waals surface area contributed by atoms with Crippen LogP contribution >= 0.6 is 0 Å². The summed E-state index contributed by atoms with van der Waals surface area (Å²) in [4.78, 5) is 17.0. The highest BCUT2D eigenvalue weighted by Gasteiger charge is 2.30. The summed E-state index contributed by atoms with van der Waals surface area (Å²) in [5.41, 5.74) is 5.18. The Morgan fingerprint density at radius 3 is 2.21 bits per heavy atom. The highest BCUT2D eigenvalue weighted by molar-refractivity contribution is 5.94. The number of esters is 1. The van der Waals surface area contributed by atoms with E-state index in [9.17, 15) is 18.0 Å². The van der Waals surface area contributed by atoms with Gasteiger partial charge in [0.05, 0.1) is 12.3 Å². The smallest absolute Gasteiger partial charge is 0.463 e. The number of carbonyl (C=O) groups is 1. The van der Waals surface area contributed by atoms with E-state index >= 15 is 0 Å². The van der Waals surface area contributed by atoms with Gasteiger partial charge in [-0.3, -0.25) is 0 Å². The van der Waals surface area contributed by atoms with Gasteiger partial charge >= 0.3 is 12.3 Å². The predicted octanol–water partition coefficient (Wildman–Crippen LogP) is 5.94. The number of hydrogen-bond acceptors (Lipinski definition) is 6. The van der Waals surface area contributed by atoms with Gasteiger partial charge in [0.15, 0.2) is 0 Å². The summed E-state index contributed by atoms with van der Waals surface area (Å²) < 4.78 is 46.3. The predicted molar refractivity (Wildman–Crippen MR) is 147 cm³/mol. The van der Waals surface area contributed by atoms with E-state index < -0.39 is 12.3 Å². The number of hydrogen-bond donors (Lipinski definition) is 1. The Balaban J connectivity index is 1.49. The normalized spacial score (nSPS) is 14.7. The molecule has 6 nitrogen and oxygen atoms in total. The van der Waals surface area contributed by atoms with Gasteiger partial charge in [-0.15, -0.1) is 13.2 Å². The van der Waals surface area contributed by atoms with E-state index in [0.29, 0.717) is 12.1 Å². The minimum atomic E-state index is -4.72. The Labute approximate surface area is 226 Å². The first-order valence-corrected chi connectivity index (χ1v) is 12.8. The maximum atomic E-state index is 12.4. The topological polar surface area (TPSA) is 54.0 Å². The lowest BCUT2D eigenvalue weighted by Crippen LogP contribution is -2.44. The lowest BCUT2D eigenvalue weighted by molar-refractivity contribution is -0.274. The van der Waals surface area contributed by atoms with Crippen molar-refractivity contribution in [2.75, 3.05) is 50.1 Å². The molecule has 0 aromatic heterocycles. The fourth-order valence-corrected chi connectivity index (χ4v) is 4.34. The summed E-state index contributed by atoms with van der Waals surface area (Å²) >= 11 is 0. The lowest BCUT2D eigenvalue weighted by atomic mass is 10.0. The zero-order valence-corrected chi connectivity index (χ0v) is 22.0. The maximum absolute atomic E-state index is 12.4. The summed E-state index contributed by atoms with van der Waals surface area (Å²) in [6.07, 6.45) is -2.74. The summed E-state index contributed by atoms with van der Waals surface area (Å²) in [6.45, 7) is 5.94. The first-order chi connectivity index (χ1) is 18.7. The highest BCUT2D eigenvalue weighted by atomic mass is 19.4. The molecule has 0 saturated carbocycles. The van der Waals surface area contributed by atoms with Crippen molar-refractivity contribution >= 4 is 23.0 Å². The molecule has 0 aliphatic carbocycles. The molecule has 0 amide bonds. The first kappa shape index (κ1) is 28.0. The van der Waals surface area contributed by atoms with Gasteiger partial charge in [-0.1, -0.05) is 42.5 Å². The van der Waals surface area contributed by atoms with E-state index in [1.165, 1.54) is 18.2 Å². The molecule has 1 heterocycles. The number of rotatable bonds is 9. The van der Waals surface area contributed by atoms with Crippen LogP contribution in [0.1, 0.15) is 23.6 Å². The minimum absolute atomic E-state index is 0.252. The zero-order valence-electron chi connectivity index (χ0n) is 22.0. The van der Waals surface area contributed by atoms with Gasteiger partial charge in [0.2, 0.25) is 0 Å². The summed E-state index contributed by atoms with van der Waals surface area (Å²) in [5.74, 6) is -0.696. The average Bonchev–Trinajstić information content (AvgIpc) is 2.90. The molecule has 1 N–H and O–H groups in total. The molecule has 3 aromatic carbocycles. The molecule has 0 spiro atoms. The Morgan fingerprint density at radius 1 is 0.949 bits per heavy atom. The van der Waals surface area contributed by atoms with Crippen LogP contribution in [0.5, 0.6) is 5.75 Å². The second-order valence-electron chi connectivity index (χ2n) is 9.34. The largest absolute Gasteiger partial charge is 0.573 e. The van der Waals surface area contributed by atoms with Crippen LogP contribution in [0.2, 0.25) is 0 Å². The quantitative estimate of drug-likeness (QED) is 0.268. The van der Waals surface area contributed by atoms with E-state index in [1.54, 1.807) is 19.1 Å².